The summed E-state index contributed by atoms with van der Waals surface area (Å²) in [6.45, 7) is 0. The van der Waals surface area contributed by atoms with Crippen molar-refractivity contribution >= 4 is 45.6 Å². The number of hydrogen-bond donors (Lipinski definition) is 2. The molecule has 2 amide bonds. The van der Waals surface area contributed by atoms with Crippen LogP contribution in [0.5, 0.6) is 0 Å². The molecule has 3 heterocycles. The minimum Gasteiger partial charge on any atom is -0.311 e. The average Bonchev–Trinajstić information content (AvgIpc) is 3.36. The van der Waals surface area contributed by atoms with Crippen LogP contribution in [-0.4, -0.2) is 21.6 Å². The Morgan fingerprint density at radius 2 is 2.00 bits per heavy atom. The van der Waals surface area contributed by atoms with Gasteiger partial charge in [0, 0.05) is 35.4 Å². The quantitative estimate of drug-likeness (QED) is 0.535. The molecule has 0 fully saturated rings. The molecule has 5 rings (SSSR count). The average molecular weight is 402 g/mol. The number of fused-ring (bicyclic) bond motifs is 2. The monoisotopic (exact) mass is 402 g/mol. The first-order valence-corrected chi connectivity index (χ1v) is 10.2. The Hall–Kier alpha value is -3.45. The Kier molecular flexibility index (Phi) is 4.17. The molecular weight excluding hydrogens is 384 g/mol. The van der Waals surface area contributed by atoms with Gasteiger partial charge in [-0.3, -0.25) is 14.3 Å². The number of rotatable bonds is 3. The minimum absolute atomic E-state index is 0.0502. The van der Waals surface area contributed by atoms with Gasteiger partial charge in [-0.2, -0.15) is 5.10 Å². The highest BCUT2D eigenvalue weighted by Crippen LogP contribution is 2.42. The molecule has 0 radical (unpaired) electrons. The number of aryl methyl sites for hydroxylation is 1. The number of benzene rings is 2. The van der Waals surface area contributed by atoms with E-state index in [1.807, 2.05) is 60.0 Å². The maximum Gasteiger partial charge on any atom is 0.257 e. The molecule has 0 saturated heterocycles. The Morgan fingerprint density at radius 3 is 2.83 bits per heavy atom. The molecule has 7 heteroatoms. The van der Waals surface area contributed by atoms with Crippen LogP contribution in [0.2, 0.25) is 0 Å². The zero-order valence-electron chi connectivity index (χ0n) is 15.7. The maximum absolute atomic E-state index is 13.1. The van der Waals surface area contributed by atoms with Gasteiger partial charge in [0.2, 0.25) is 5.91 Å². The van der Waals surface area contributed by atoms with Crippen molar-refractivity contribution in [1.82, 2.24) is 9.78 Å². The molecule has 2 aromatic heterocycles. The topological polar surface area (TPSA) is 76.0 Å². The number of thiophene rings is 1. The van der Waals surface area contributed by atoms with Gasteiger partial charge in [-0.15, -0.1) is 11.3 Å². The predicted octanol–water partition coefficient (Wildman–Crippen LogP) is 4.36. The normalized spacial score (nSPS) is 15.8. The number of carbonyl (C=O) groups is 2. The van der Waals surface area contributed by atoms with Crippen molar-refractivity contribution in [3.05, 3.63) is 76.0 Å². The first kappa shape index (κ1) is 17.6. The second-order valence-corrected chi connectivity index (χ2v) is 8.01. The van der Waals surface area contributed by atoms with Crippen LogP contribution in [0.15, 0.2) is 60.0 Å². The molecule has 6 nitrogen and oxygen atoms in total. The summed E-state index contributed by atoms with van der Waals surface area (Å²) in [6, 6.07) is 17.4. The van der Waals surface area contributed by atoms with Crippen molar-refractivity contribution in [1.29, 1.82) is 0 Å². The lowest BCUT2D eigenvalue weighted by Crippen LogP contribution is -2.24. The number of carbonyl (C=O) groups excluding carboxylic acids is 2. The van der Waals surface area contributed by atoms with Gasteiger partial charge in [0.25, 0.3) is 5.91 Å². The van der Waals surface area contributed by atoms with E-state index in [2.05, 4.69) is 15.7 Å². The van der Waals surface area contributed by atoms with Gasteiger partial charge in [0.1, 0.15) is 5.82 Å². The molecule has 0 aliphatic carbocycles. The number of amides is 2. The molecule has 1 aliphatic heterocycles. The van der Waals surface area contributed by atoms with Crippen molar-refractivity contribution in [2.24, 2.45) is 7.05 Å². The maximum atomic E-state index is 13.1. The van der Waals surface area contributed by atoms with Crippen LogP contribution in [-0.2, 0) is 11.8 Å². The number of nitrogens with zero attached hydrogens (tertiary/aromatic N) is 2. The molecule has 1 unspecified atom stereocenters. The van der Waals surface area contributed by atoms with Crippen molar-refractivity contribution < 1.29 is 9.59 Å². The third kappa shape index (κ3) is 3.00. The molecule has 0 spiro atoms. The smallest absolute Gasteiger partial charge is 0.257 e. The van der Waals surface area contributed by atoms with Crippen molar-refractivity contribution in [2.75, 3.05) is 10.6 Å². The fourth-order valence-electron chi connectivity index (χ4n) is 3.91. The lowest BCUT2D eigenvalue weighted by atomic mass is 9.92. The van der Waals surface area contributed by atoms with Gasteiger partial charge < -0.3 is 10.6 Å². The molecular formula is C22H18N4O2S. The van der Waals surface area contributed by atoms with Crippen LogP contribution in [0.25, 0.3) is 10.8 Å². The van der Waals surface area contributed by atoms with Gasteiger partial charge in [0.05, 0.1) is 0 Å². The lowest BCUT2D eigenvalue weighted by molar-refractivity contribution is -0.116. The van der Waals surface area contributed by atoms with E-state index >= 15 is 0 Å². The van der Waals surface area contributed by atoms with E-state index in [-0.39, 0.29) is 17.7 Å². The van der Waals surface area contributed by atoms with Crippen molar-refractivity contribution in [3.8, 4) is 0 Å². The van der Waals surface area contributed by atoms with Gasteiger partial charge in [-0.05, 0) is 28.3 Å². The van der Waals surface area contributed by atoms with Gasteiger partial charge >= 0.3 is 0 Å². The number of hydrogen-bond acceptors (Lipinski definition) is 4. The zero-order valence-corrected chi connectivity index (χ0v) is 16.5. The molecule has 4 aromatic rings. The molecule has 1 atom stereocenters. The lowest BCUT2D eigenvalue weighted by Gasteiger charge is -2.23. The van der Waals surface area contributed by atoms with Crippen LogP contribution >= 0.6 is 11.3 Å². The third-order valence-electron chi connectivity index (χ3n) is 5.23. The molecule has 29 heavy (non-hydrogen) atoms. The largest absolute Gasteiger partial charge is 0.311 e. The highest BCUT2D eigenvalue weighted by molar-refractivity contribution is 7.10. The summed E-state index contributed by atoms with van der Waals surface area (Å²) in [4.78, 5) is 26.5. The zero-order chi connectivity index (χ0) is 20.0. The van der Waals surface area contributed by atoms with Gasteiger partial charge in [0.15, 0.2) is 5.82 Å². The highest BCUT2D eigenvalue weighted by atomic mass is 32.1. The van der Waals surface area contributed by atoms with Crippen LogP contribution in [0.3, 0.4) is 0 Å². The summed E-state index contributed by atoms with van der Waals surface area (Å²) in [6.07, 6.45) is 0.330. The fraction of sp³-hybridized carbons (Fsp3) is 0.136. The summed E-state index contributed by atoms with van der Waals surface area (Å²) in [7, 11) is 1.77. The second-order valence-electron chi connectivity index (χ2n) is 7.04. The van der Waals surface area contributed by atoms with Crippen LogP contribution < -0.4 is 10.6 Å². The van der Waals surface area contributed by atoms with Crippen LogP contribution in [0.4, 0.5) is 11.6 Å². The van der Waals surface area contributed by atoms with E-state index in [1.165, 1.54) is 0 Å². The summed E-state index contributed by atoms with van der Waals surface area (Å²) in [5, 5.41) is 14.3. The molecule has 2 aromatic carbocycles. The number of anilines is 2. The Morgan fingerprint density at radius 1 is 1.17 bits per heavy atom. The molecule has 2 N–H and O–H groups in total. The summed E-state index contributed by atoms with van der Waals surface area (Å²) >= 11 is 1.60. The predicted molar refractivity (Wildman–Crippen MR) is 115 cm³/mol. The first-order chi connectivity index (χ1) is 14.1. The molecule has 0 bridgehead atoms. The number of nitrogens with one attached hydrogen (secondary N) is 2. The summed E-state index contributed by atoms with van der Waals surface area (Å²) in [5.74, 6) is 0.720. The van der Waals surface area contributed by atoms with E-state index in [0.29, 0.717) is 23.6 Å². The van der Waals surface area contributed by atoms with Crippen LogP contribution in [0, 0.1) is 0 Å². The molecule has 0 saturated carbocycles. The van der Waals surface area contributed by atoms with E-state index in [1.54, 1.807) is 23.1 Å². The fourth-order valence-corrected chi connectivity index (χ4v) is 4.75. The van der Waals surface area contributed by atoms with E-state index in [9.17, 15) is 9.59 Å². The Balaban J connectivity index is 1.57. The van der Waals surface area contributed by atoms with Gasteiger partial charge in [-0.25, -0.2) is 0 Å². The summed E-state index contributed by atoms with van der Waals surface area (Å²) in [5.41, 5.74) is 1.44. The van der Waals surface area contributed by atoms with Gasteiger partial charge in [-0.1, -0.05) is 42.5 Å². The second kappa shape index (κ2) is 6.86. The SMILES string of the molecule is Cn1nc(NC(=O)c2cccc3ccccc23)c2c1NC(=O)CC2c1cccs1. The van der Waals surface area contributed by atoms with Crippen molar-refractivity contribution in [2.45, 2.75) is 12.3 Å². The minimum atomic E-state index is -0.218. The Labute approximate surface area is 171 Å². The highest BCUT2D eigenvalue weighted by Gasteiger charge is 2.34. The third-order valence-corrected chi connectivity index (χ3v) is 6.22. The van der Waals surface area contributed by atoms with Crippen molar-refractivity contribution in [3.63, 3.8) is 0 Å². The Bertz CT molecular complexity index is 1240. The van der Waals surface area contributed by atoms with Crippen LogP contribution in [0.1, 0.15) is 33.1 Å². The summed E-state index contributed by atoms with van der Waals surface area (Å²) < 4.78 is 1.62. The van der Waals surface area contributed by atoms with E-state index in [0.717, 1.165) is 21.2 Å². The first-order valence-electron chi connectivity index (χ1n) is 9.31. The standard InChI is InChI=1S/C22H18N4O2S/c1-26-21-19(16(12-18(27)23-21)17-10-5-11-29-17)20(25-26)24-22(28)15-9-4-7-13-6-2-3-8-14(13)15/h2-11,16H,12H2,1H3,(H,23,27)(H,24,25,28). The number of aromatic nitrogens is 2. The molecule has 1 aliphatic rings. The molecule has 144 valence electrons. The van der Waals surface area contributed by atoms with E-state index in [4.69, 9.17) is 0 Å². The van der Waals surface area contributed by atoms with E-state index < -0.39 is 0 Å².